The van der Waals surface area contributed by atoms with E-state index in [2.05, 4.69) is 13.8 Å². The first-order valence-electron chi connectivity index (χ1n) is 5.07. The van der Waals surface area contributed by atoms with Crippen molar-refractivity contribution in [2.75, 3.05) is 13.7 Å². The zero-order valence-electron chi connectivity index (χ0n) is 8.79. The van der Waals surface area contributed by atoms with Crippen LogP contribution in [0, 0.1) is 0 Å². The van der Waals surface area contributed by atoms with E-state index in [1.54, 1.807) is 7.11 Å². The Bertz CT molecular complexity index is 138. The topological polar surface area (TPSA) is 27.7 Å². The van der Waals surface area contributed by atoms with Gasteiger partial charge in [-0.15, -0.1) is 0 Å². The minimum absolute atomic E-state index is 0.114. The van der Waals surface area contributed by atoms with Crippen LogP contribution in [0.4, 0.5) is 0 Å². The molecular formula is C10H20O3. The molecule has 1 aliphatic heterocycles. The molecule has 0 aromatic carbocycles. The predicted octanol–water partition coefficient (Wildman–Crippen LogP) is 1.95. The summed E-state index contributed by atoms with van der Waals surface area (Å²) in [6.07, 6.45) is 3.37. The van der Waals surface area contributed by atoms with Gasteiger partial charge < -0.3 is 14.2 Å². The van der Waals surface area contributed by atoms with Crippen molar-refractivity contribution >= 4 is 0 Å². The highest BCUT2D eigenvalue weighted by molar-refractivity contribution is 4.71. The van der Waals surface area contributed by atoms with Gasteiger partial charge in [-0.3, -0.25) is 0 Å². The lowest BCUT2D eigenvalue weighted by Crippen LogP contribution is -2.40. The second-order valence-corrected chi connectivity index (χ2v) is 3.54. The monoisotopic (exact) mass is 188 g/mol. The van der Waals surface area contributed by atoms with E-state index >= 15 is 0 Å². The fourth-order valence-corrected chi connectivity index (χ4v) is 1.53. The lowest BCUT2D eigenvalue weighted by Gasteiger charge is -2.33. The summed E-state index contributed by atoms with van der Waals surface area (Å²) in [4.78, 5) is 0. The standard InChI is InChI=1S/C10H20O3/c1-4-7-12-10-9(11-3)6-5-8(2)13-10/h8-10H,4-7H2,1-3H3. The van der Waals surface area contributed by atoms with Crippen LogP contribution < -0.4 is 0 Å². The van der Waals surface area contributed by atoms with E-state index in [1.165, 1.54) is 0 Å². The minimum Gasteiger partial charge on any atom is -0.376 e. The van der Waals surface area contributed by atoms with Crippen molar-refractivity contribution in [3.63, 3.8) is 0 Å². The Morgan fingerprint density at radius 1 is 1.38 bits per heavy atom. The molecule has 0 aromatic heterocycles. The molecule has 1 aliphatic rings. The number of rotatable bonds is 4. The fraction of sp³-hybridized carbons (Fsp3) is 1.00. The highest BCUT2D eigenvalue weighted by Gasteiger charge is 2.29. The van der Waals surface area contributed by atoms with E-state index in [1.807, 2.05) is 0 Å². The summed E-state index contributed by atoms with van der Waals surface area (Å²) in [5.41, 5.74) is 0. The molecule has 0 N–H and O–H groups in total. The Morgan fingerprint density at radius 2 is 2.15 bits per heavy atom. The third kappa shape index (κ3) is 3.25. The molecule has 1 fully saturated rings. The molecule has 3 unspecified atom stereocenters. The smallest absolute Gasteiger partial charge is 0.183 e. The van der Waals surface area contributed by atoms with Crippen molar-refractivity contribution in [1.82, 2.24) is 0 Å². The van der Waals surface area contributed by atoms with Gasteiger partial charge in [-0.25, -0.2) is 0 Å². The van der Waals surface area contributed by atoms with Gasteiger partial charge in [0.2, 0.25) is 0 Å². The van der Waals surface area contributed by atoms with Gasteiger partial charge in [-0.2, -0.15) is 0 Å². The number of hydrogen-bond donors (Lipinski definition) is 0. The van der Waals surface area contributed by atoms with Crippen molar-refractivity contribution in [2.45, 2.75) is 51.6 Å². The molecule has 0 aliphatic carbocycles. The summed E-state index contributed by atoms with van der Waals surface area (Å²) in [7, 11) is 1.71. The van der Waals surface area contributed by atoms with E-state index < -0.39 is 0 Å². The molecule has 0 spiro atoms. The quantitative estimate of drug-likeness (QED) is 0.675. The molecule has 3 heteroatoms. The Kier molecular flexibility index (Phi) is 4.70. The van der Waals surface area contributed by atoms with Gasteiger partial charge in [-0.1, -0.05) is 6.92 Å². The van der Waals surface area contributed by atoms with Crippen molar-refractivity contribution in [3.8, 4) is 0 Å². The average molecular weight is 188 g/mol. The van der Waals surface area contributed by atoms with Crippen molar-refractivity contribution in [3.05, 3.63) is 0 Å². The molecule has 3 nitrogen and oxygen atoms in total. The zero-order chi connectivity index (χ0) is 9.68. The van der Waals surface area contributed by atoms with E-state index in [9.17, 15) is 0 Å². The van der Waals surface area contributed by atoms with Crippen LogP contribution in [0.2, 0.25) is 0 Å². The van der Waals surface area contributed by atoms with Crippen LogP contribution in [0.3, 0.4) is 0 Å². The summed E-state index contributed by atoms with van der Waals surface area (Å²) in [5, 5.41) is 0. The average Bonchev–Trinajstić information content (AvgIpc) is 2.15. The first-order valence-corrected chi connectivity index (χ1v) is 5.07. The van der Waals surface area contributed by atoms with Crippen LogP contribution >= 0.6 is 0 Å². The third-order valence-electron chi connectivity index (χ3n) is 2.32. The summed E-state index contributed by atoms with van der Waals surface area (Å²) >= 11 is 0. The van der Waals surface area contributed by atoms with Gasteiger partial charge in [-0.05, 0) is 26.2 Å². The molecule has 0 radical (unpaired) electrons. The molecule has 78 valence electrons. The third-order valence-corrected chi connectivity index (χ3v) is 2.32. The van der Waals surface area contributed by atoms with Gasteiger partial charge in [0.05, 0.1) is 6.10 Å². The summed E-state index contributed by atoms with van der Waals surface area (Å²) in [6, 6.07) is 0. The maximum absolute atomic E-state index is 5.64. The molecule has 1 saturated heterocycles. The number of hydrogen-bond acceptors (Lipinski definition) is 3. The molecule has 1 rings (SSSR count). The van der Waals surface area contributed by atoms with E-state index in [-0.39, 0.29) is 12.4 Å². The highest BCUT2D eigenvalue weighted by Crippen LogP contribution is 2.22. The maximum Gasteiger partial charge on any atom is 0.183 e. The zero-order valence-corrected chi connectivity index (χ0v) is 8.79. The van der Waals surface area contributed by atoms with Crippen LogP contribution in [0.5, 0.6) is 0 Å². The maximum atomic E-state index is 5.64. The summed E-state index contributed by atoms with van der Waals surface area (Å²) in [5.74, 6) is 0. The van der Waals surface area contributed by atoms with Crippen LogP contribution in [0.25, 0.3) is 0 Å². The minimum atomic E-state index is -0.159. The molecule has 0 bridgehead atoms. The molecule has 3 atom stereocenters. The van der Waals surface area contributed by atoms with Crippen molar-refractivity contribution < 1.29 is 14.2 Å². The summed E-state index contributed by atoms with van der Waals surface area (Å²) in [6.45, 7) is 4.92. The van der Waals surface area contributed by atoms with Gasteiger partial charge >= 0.3 is 0 Å². The fourth-order valence-electron chi connectivity index (χ4n) is 1.53. The molecule has 0 saturated carbocycles. The second-order valence-electron chi connectivity index (χ2n) is 3.54. The SMILES string of the molecule is CCCOC1OC(C)CCC1OC. The summed E-state index contributed by atoms with van der Waals surface area (Å²) < 4.78 is 16.5. The number of methoxy groups -OCH3 is 1. The van der Waals surface area contributed by atoms with Crippen molar-refractivity contribution in [1.29, 1.82) is 0 Å². The molecule has 0 aromatic rings. The van der Waals surface area contributed by atoms with E-state index in [0.29, 0.717) is 6.10 Å². The Labute approximate surface area is 80.4 Å². The van der Waals surface area contributed by atoms with Crippen molar-refractivity contribution in [2.24, 2.45) is 0 Å². The highest BCUT2D eigenvalue weighted by atomic mass is 16.7. The van der Waals surface area contributed by atoms with Gasteiger partial charge in [0.1, 0.15) is 6.10 Å². The number of ether oxygens (including phenoxy) is 3. The van der Waals surface area contributed by atoms with Gasteiger partial charge in [0.15, 0.2) is 6.29 Å². The molecule has 0 amide bonds. The lowest BCUT2D eigenvalue weighted by molar-refractivity contribution is -0.242. The van der Waals surface area contributed by atoms with Crippen LogP contribution in [-0.2, 0) is 14.2 Å². The predicted molar refractivity (Wildman–Crippen MR) is 50.6 cm³/mol. The molecule has 13 heavy (non-hydrogen) atoms. The van der Waals surface area contributed by atoms with Gasteiger partial charge in [0.25, 0.3) is 0 Å². The van der Waals surface area contributed by atoms with Crippen LogP contribution in [-0.4, -0.2) is 32.2 Å². The first kappa shape index (κ1) is 11.0. The normalized spacial score (nSPS) is 34.8. The Hall–Kier alpha value is -0.120. The van der Waals surface area contributed by atoms with Gasteiger partial charge in [0, 0.05) is 13.7 Å². The second kappa shape index (κ2) is 5.58. The Balaban J connectivity index is 2.35. The first-order chi connectivity index (χ1) is 6.27. The van der Waals surface area contributed by atoms with E-state index in [4.69, 9.17) is 14.2 Å². The van der Waals surface area contributed by atoms with E-state index in [0.717, 1.165) is 25.9 Å². The lowest BCUT2D eigenvalue weighted by atomic mass is 10.1. The molecular weight excluding hydrogens is 168 g/mol. The van der Waals surface area contributed by atoms with Crippen LogP contribution in [0.1, 0.15) is 33.1 Å². The van der Waals surface area contributed by atoms with Crippen LogP contribution in [0.15, 0.2) is 0 Å². The molecule has 1 heterocycles. The Morgan fingerprint density at radius 3 is 2.77 bits per heavy atom. The largest absolute Gasteiger partial charge is 0.376 e.